The number of carboxylic acid groups (broad SMARTS) is 1. The zero-order valence-corrected chi connectivity index (χ0v) is 13.5. The lowest BCUT2D eigenvalue weighted by Crippen LogP contribution is -2.00. The Bertz CT molecular complexity index is 295. The van der Waals surface area contributed by atoms with E-state index in [-0.39, 0.29) is 12.5 Å². The van der Waals surface area contributed by atoms with Crippen molar-refractivity contribution < 1.29 is 15.0 Å². The van der Waals surface area contributed by atoms with Crippen LogP contribution in [0.5, 0.6) is 0 Å². The van der Waals surface area contributed by atoms with Crippen LogP contribution in [-0.4, -0.2) is 22.3 Å². The van der Waals surface area contributed by atoms with Crippen LogP contribution in [0.25, 0.3) is 0 Å². The maximum Gasteiger partial charge on any atom is 0.303 e. The Kier molecular flexibility index (Phi) is 14.5. The molecule has 0 rings (SSSR count). The molecule has 0 radical (unpaired) electrons. The summed E-state index contributed by atoms with van der Waals surface area (Å²) >= 11 is 0. The fourth-order valence-electron chi connectivity index (χ4n) is 2.14. The van der Waals surface area contributed by atoms with Crippen molar-refractivity contribution >= 4 is 5.97 Å². The van der Waals surface area contributed by atoms with Crippen LogP contribution < -0.4 is 0 Å². The molecule has 0 fully saturated rings. The van der Waals surface area contributed by atoms with Gasteiger partial charge in [0.25, 0.3) is 0 Å². The second-order valence-corrected chi connectivity index (χ2v) is 5.58. The molecule has 0 saturated carbocycles. The molecule has 21 heavy (non-hydrogen) atoms. The van der Waals surface area contributed by atoms with Crippen LogP contribution in [0.1, 0.15) is 77.6 Å². The van der Waals surface area contributed by atoms with Crippen molar-refractivity contribution in [1.29, 1.82) is 0 Å². The van der Waals surface area contributed by atoms with Crippen LogP contribution in [0, 0.1) is 0 Å². The van der Waals surface area contributed by atoms with Gasteiger partial charge in [-0.25, -0.2) is 0 Å². The second-order valence-electron chi connectivity index (χ2n) is 5.58. The lowest BCUT2D eigenvalue weighted by molar-refractivity contribution is -0.137. The quantitative estimate of drug-likeness (QED) is 0.355. The van der Waals surface area contributed by atoms with E-state index in [1.807, 2.05) is 18.2 Å². The fraction of sp³-hybridized carbons (Fsp3) is 0.722. The van der Waals surface area contributed by atoms with Crippen LogP contribution in [0.15, 0.2) is 24.3 Å². The highest BCUT2D eigenvalue weighted by molar-refractivity contribution is 5.66. The summed E-state index contributed by atoms with van der Waals surface area (Å²) in [5.41, 5.74) is 0. The number of aliphatic hydroxyl groups excluding tert-OH is 1. The first kappa shape index (κ1) is 19.9. The van der Waals surface area contributed by atoms with E-state index < -0.39 is 5.97 Å². The van der Waals surface area contributed by atoms with E-state index in [0.29, 0.717) is 0 Å². The Morgan fingerprint density at radius 2 is 1.71 bits per heavy atom. The molecule has 2 N–H and O–H groups in total. The van der Waals surface area contributed by atoms with Gasteiger partial charge >= 0.3 is 5.97 Å². The summed E-state index contributed by atoms with van der Waals surface area (Å²) < 4.78 is 0. The third kappa shape index (κ3) is 16.9. The first-order valence-electron chi connectivity index (χ1n) is 8.40. The predicted octanol–water partition coefficient (Wildman–Crippen LogP) is 4.86. The Hall–Kier alpha value is -1.09. The van der Waals surface area contributed by atoms with Gasteiger partial charge in [-0.3, -0.25) is 4.79 Å². The molecule has 0 spiro atoms. The molecule has 1 atom stereocenters. The molecule has 0 aliphatic carbocycles. The van der Waals surface area contributed by atoms with Gasteiger partial charge in [0.1, 0.15) is 0 Å². The molecular weight excluding hydrogens is 264 g/mol. The van der Waals surface area contributed by atoms with E-state index in [4.69, 9.17) is 5.11 Å². The van der Waals surface area contributed by atoms with Gasteiger partial charge in [0, 0.05) is 6.42 Å². The summed E-state index contributed by atoms with van der Waals surface area (Å²) in [5, 5.41) is 18.2. The zero-order valence-electron chi connectivity index (χ0n) is 13.5. The molecule has 0 heterocycles. The highest BCUT2D eigenvalue weighted by atomic mass is 16.4. The number of aliphatic hydroxyl groups is 1. The Morgan fingerprint density at radius 3 is 2.43 bits per heavy atom. The van der Waals surface area contributed by atoms with Crippen LogP contribution in [0.2, 0.25) is 0 Å². The molecule has 0 aromatic rings. The summed E-state index contributed by atoms with van der Waals surface area (Å²) in [6.07, 6.45) is 18.5. The minimum absolute atomic E-state index is 0.286. The molecular formula is C18H32O3. The summed E-state index contributed by atoms with van der Waals surface area (Å²) in [4.78, 5) is 10.3. The van der Waals surface area contributed by atoms with Crippen molar-refractivity contribution in [3.63, 3.8) is 0 Å². The summed E-state index contributed by atoms with van der Waals surface area (Å²) in [6, 6.07) is 0. The predicted molar refractivity (Wildman–Crippen MR) is 88.4 cm³/mol. The minimum atomic E-state index is -0.701. The van der Waals surface area contributed by atoms with E-state index >= 15 is 0 Å². The highest BCUT2D eigenvalue weighted by Crippen LogP contribution is 2.07. The van der Waals surface area contributed by atoms with Crippen molar-refractivity contribution in [2.45, 2.75) is 83.7 Å². The van der Waals surface area contributed by atoms with E-state index in [1.165, 1.54) is 19.3 Å². The largest absolute Gasteiger partial charge is 0.481 e. The van der Waals surface area contributed by atoms with E-state index in [9.17, 15) is 9.90 Å². The third-order valence-corrected chi connectivity index (χ3v) is 3.45. The lowest BCUT2D eigenvalue weighted by atomic mass is 10.1. The van der Waals surface area contributed by atoms with Gasteiger partial charge in [0.05, 0.1) is 6.10 Å². The number of rotatable bonds is 14. The molecule has 0 bridgehead atoms. The maximum absolute atomic E-state index is 10.3. The molecule has 0 aromatic heterocycles. The molecule has 0 unspecified atom stereocenters. The smallest absolute Gasteiger partial charge is 0.303 e. The van der Waals surface area contributed by atoms with Crippen molar-refractivity contribution in [3.05, 3.63) is 24.3 Å². The monoisotopic (exact) mass is 296 g/mol. The van der Waals surface area contributed by atoms with E-state index in [0.717, 1.165) is 44.9 Å². The number of hydrogen-bond acceptors (Lipinski definition) is 2. The molecule has 0 amide bonds. The Morgan fingerprint density at radius 1 is 1.00 bits per heavy atom. The Balaban J connectivity index is 3.40. The van der Waals surface area contributed by atoms with Gasteiger partial charge in [-0.15, -0.1) is 0 Å². The summed E-state index contributed by atoms with van der Waals surface area (Å²) in [5.74, 6) is -0.701. The maximum atomic E-state index is 10.3. The first-order chi connectivity index (χ1) is 10.2. The number of aliphatic carboxylic acids is 1. The molecule has 3 nitrogen and oxygen atoms in total. The van der Waals surface area contributed by atoms with Crippen molar-refractivity contribution in [3.8, 4) is 0 Å². The Labute approximate surface area is 129 Å². The van der Waals surface area contributed by atoms with Gasteiger partial charge in [-0.2, -0.15) is 0 Å². The molecule has 122 valence electrons. The van der Waals surface area contributed by atoms with Gasteiger partial charge in [-0.1, -0.05) is 69.8 Å². The fourth-order valence-corrected chi connectivity index (χ4v) is 2.14. The third-order valence-electron chi connectivity index (χ3n) is 3.45. The molecule has 0 aromatic carbocycles. The standard InChI is InChI=1S/C18H32O3/c1-2-3-4-11-14-17(19)15-12-9-7-5-6-8-10-13-16-18(20)21/h7,9,12,15,17,19H,2-6,8,10-11,13-14,16H2,1H3,(H,20,21)/t17-/m1/s1. The molecule has 0 saturated heterocycles. The summed E-state index contributed by atoms with van der Waals surface area (Å²) in [6.45, 7) is 2.19. The van der Waals surface area contributed by atoms with E-state index in [2.05, 4.69) is 13.0 Å². The zero-order chi connectivity index (χ0) is 15.8. The van der Waals surface area contributed by atoms with E-state index in [1.54, 1.807) is 0 Å². The number of hydrogen-bond donors (Lipinski definition) is 2. The normalized spacial score (nSPS) is 13.2. The summed E-state index contributed by atoms with van der Waals surface area (Å²) in [7, 11) is 0. The number of carboxylic acids is 1. The van der Waals surface area contributed by atoms with Crippen LogP contribution >= 0.6 is 0 Å². The molecule has 3 heteroatoms. The second kappa shape index (κ2) is 15.3. The lowest BCUT2D eigenvalue weighted by Gasteiger charge is -2.03. The topological polar surface area (TPSA) is 57.5 Å². The highest BCUT2D eigenvalue weighted by Gasteiger charge is 1.97. The molecule has 0 aliphatic rings. The number of carbonyl (C=O) groups is 1. The first-order valence-corrected chi connectivity index (χ1v) is 8.40. The minimum Gasteiger partial charge on any atom is -0.481 e. The van der Waals surface area contributed by atoms with Crippen molar-refractivity contribution in [2.75, 3.05) is 0 Å². The average Bonchev–Trinajstić information content (AvgIpc) is 2.45. The van der Waals surface area contributed by atoms with Crippen molar-refractivity contribution in [2.24, 2.45) is 0 Å². The van der Waals surface area contributed by atoms with Gasteiger partial charge in [-0.05, 0) is 25.7 Å². The van der Waals surface area contributed by atoms with Gasteiger partial charge in [0.2, 0.25) is 0 Å². The van der Waals surface area contributed by atoms with Gasteiger partial charge in [0.15, 0.2) is 0 Å². The van der Waals surface area contributed by atoms with Crippen molar-refractivity contribution in [1.82, 2.24) is 0 Å². The van der Waals surface area contributed by atoms with Crippen LogP contribution in [0.3, 0.4) is 0 Å². The van der Waals surface area contributed by atoms with Crippen LogP contribution in [-0.2, 0) is 4.79 Å². The SMILES string of the molecule is CCCCCC[C@@H](O)C=CC=CCCCCCCC(=O)O. The van der Waals surface area contributed by atoms with Crippen LogP contribution in [0.4, 0.5) is 0 Å². The average molecular weight is 296 g/mol. The number of allylic oxidation sites excluding steroid dienone is 3. The number of unbranched alkanes of at least 4 members (excludes halogenated alkanes) is 7. The van der Waals surface area contributed by atoms with Gasteiger partial charge < -0.3 is 10.2 Å². The molecule has 0 aliphatic heterocycles.